The molecule has 116 valence electrons. The minimum Gasteiger partial charge on any atom is -0.497 e. The predicted octanol–water partition coefficient (Wildman–Crippen LogP) is 4.75. The second-order valence-corrected chi connectivity index (χ2v) is 5.32. The first kappa shape index (κ1) is 15.2. The number of halogens is 1. The maximum Gasteiger partial charge on any atom is 0.248 e. The van der Waals surface area contributed by atoms with Crippen LogP contribution in [0.25, 0.3) is 17.0 Å². The Morgan fingerprint density at radius 3 is 2.70 bits per heavy atom. The molecule has 1 heterocycles. The van der Waals surface area contributed by atoms with Crippen LogP contribution in [0.5, 0.6) is 5.75 Å². The van der Waals surface area contributed by atoms with Crippen LogP contribution in [0.3, 0.4) is 0 Å². The lowest BCUT2D eigenvalue weighted by Gasteiger charge is -2.01. The highest BCUT2D eigenvalue weighted by Crippen LogP contribution is 2.24. The van der Waals surface area contributed by atoms with Crippen LogP contribution in [0.1, 0.15) is 5.76 Å². The first-order chi connectivity index (χ1) is 11.1. The Kier molecular flexibility index (Phi) is 4.35. The van der Waals surface area contributed by atoms with Gasteiger partial charge in [-0.05, 0) is 54.6 Å². The summed E-state index contributed by atoms with van der Waals surface area (Å²) in [4.78, 5) is 11.9. The quantitative estimate of drug-likeness (QED) is 0.704. The molecule has 2 aromatic carbocycles. The summed E-state index contributed by atoms with van der Waals surface area (Å²) in [6.07, 6.45) is 3.04. The van der Waals surface area contributed by atoms with Crippen molar-refractivity contribution in [2.24, 2.45) is 0 Å². The molecule has 0 saturated heterocycles. The summed E-state index contributed by atoms with van der Waals surface area (Å²) in [7, 11) is 1.61. The van der Waals surface area contributed by atoms with Crippen LogP contribution in [0.4, 0.5) is 5.69 Å². The maximum absolute atomic E-state index is 11.9. The van der Waals surface area contributed by atoms with Crippen molar-refractivity contribution in [3.8, 4) is 5.75 Å². The number of rotatable bonds is 4. The molecule has 0 bridgehead atoms. The van der Waals surface area contributed by atoms with E-state index >= 15 is 0 Å². The first-order valence-electron chi connectivity index (χ1n) is 6.96. The lowest BCUT2D eigenvalue weighted by atomic mass is 10.2. The van der Waals surface area contributed by atoms with Crippen molar-refractivity contribution in [1.29, 1.82) is 0 Å². The van der Waals surface area contributed by atoms with Gasteiger partial charge in [-0.3, -0.25) is 4.79 Å². The van der Waals surface area contributed by atoms with Gasteiger partial charge in [0.2, 0.25) is 5.91 Å². The number of methoxy groups -OCH3 is 1. The summed E-state index contributed by atoms with van der Waals surface area (Å²) in [5.74, 6) is 1.11. The largest absolute Gasteiger partial charge is 0.497 e. The van der Waals surface area contributed by atoms with E-state index < -0.39 is 0 Å². The molecule has 1 amide bonds. The molecule has 5 heteroatoms. The summed E-state index contributed by atoms with van der Waals surface area (Å²) in [6.45, 7) is 0. The summed E-state index contributed by atoms with van der Waals surface area (Å²) in [5.41, 5.74) is 1.42. The molecule has 1 aromatic heterocycles. The average Bonchev–Trinajstić information content (AvgIpc) is 2.97. The number of nitrogens with one attached hydrogen (secondary N) is 1. The number of furan rings is 1. The summed E-state index contributed by atoms with van der Waals surface area (Å²) >= 11 is 5.80. The molecule has 0 atom stereocenters. The Balaban J connectivity index is 1.71. The van der Waals surface area contributed by atoms with Crippen molar-refractivity contribution in [3.05, 3.63) is 65.4 Å². The number of hydrogen-bond acceptors (Lipinski definition) is 3. The van der Waals surface area contributed by atoms with E-state index in [2.05, 4.69) is 5.32 Å². The molecule has 0 unspecified atom stereocenters. The third kappa shape index (κ3) is 3.73. The van der Waals surface area contributed by atoms with Gasteiger partial charge in [-0.25, -0.2) is 0 Å². The zero-order valence-corrected chi connectivity index (χ0v) is 13.1. The Morgan fingerprint density at radius 2 is 1.96 bits per heavy atom. The zero-order chi connectivity index (χ0) is 16.2. The monoisotopic (exact) mass is 327 g/mol. The van der Waals surface area contributed by atoms with E-state index in [9.17, 15) is 4.79 Å². The highest BCUT2D eigenvalue weighted by molar-refractivity contribution is 6.30. The van der Waals surface area contributed by atoms with E-state index in [0.717, 1.165) is 16.7 Å². The number of anilines is 1. The van der Waals surface area contributed by atoms with Crippen LogP contribution < -0.4 is 10.1 Å². The highest BCUT2D eigenvalue weighted by atomic mass is 35.5. The van der Waals surface area contributed by atoms with E-state index in [1.807, 2.05) is 24.3 Å². The fraction of sp³-hybridized carbons (Fsp3) is 0.0556. The molecule has 23 heavy (non-hydrogen) atoms. The highest BCUT2D eigenvalue weighted by Gasteiger charge is 2.04. The predicted molar refractivity (Wildman–Crippen MR) is 91.9 cm³/mol. The molecule has 0 radical (unpaired) electrons. The molecule has 0 saturated carbocycles. The van der Waals surface area contributed by atoms with E-state index in [1.54, 1.807) is 37.5 Å². The van der Waals surface area contributed by atoms with Gasteiger partial charge >= 0.3 is 0 Å². The molecule has 0 spiro atoms. The van der Waals surface area contributed by atoms with Gasteiger partial charge in [0.1, 0.15) is 17.1 Å². The van der Waals surface area contributed by atoms with Crippen molar-refractivity contribution >= 4 is 40.2 Å². The van der Waals surface area contributed by atoms with Crippen LogP contribution in [0.2, 0.25) is 5.02 Å². The van der Waals surface area contributed by atoms with E-state index in [4.69, 9.17) is 20.8 Å². The molecule has 4 nitrogen and oxygen atoms in total. The number of fused-ring (bicyclic) bond motifs is 1. The Bertz CT molecular complexity index is 866. The van der Waals surface area contributed by atoms with Crippen LogP contribution in [0, 0.1) is 0 Å². The number of amides is 1. The fourth-order valence-electron chi connectivity index (χ4n) is 2.13. The van der Waals surface area contributed by atoms with E-state index in [0.29, 0.717) is 16.5 Å². The Labute approximate surface area is 138 Å². The van der Waals surface area contributed by atoms with Crippen molar-refractivity contribution in [2.45, 2.75) is 0 Å². The zero-order valence-electron chi connectivity index (χ0n) is 12.4. The van der Waals surface area contributed by atoms with Gasteiger partial charge in [-0.2, -0.15) is 0 Å². The van der Waals surface area contributed by atoms with Gasteiger partial charge in [0.15, 0.2) is 0 Å². The molecule has 3 rings (SSSR count). The first-order valence-corrected chi connectivity index (χ1v) is 7.34. The van der Waals surface area contributed by atoms with Crippen LogP contribution in [-0.4, -0.2) is 13.0 Å². The Hall–Kier alpha value is -2.72. The molecule has 0 aliphatic rings. The average molecular weight is 328 g/mol. The van der Waals surface area contributed by atoms with Crippen molar-refractivity contribution in [2.75, 3.05) is 12.4 Å². The number of hydrogen-bond donors (Lipinski definition) is 1. The van der Waals surface area contributed by atoms with Crippen LogP contribution >= 0.6 is 11.6 Å². The van der Waals surface area contributed by atoms with Crippen LogP contribution in [-0.2, 0) is 4.79 Å². The van der Waals surface area contributed by atoms with Gasteiger partial charge in [0.25, 0.3) is 0 Å². The second-order valence-electron chi connectivity index (χ2n) is 4.88. The van der Waals surface area contributed by atoms with E-state index in [1.165, 1.54) is 6.08 Å². The van der Waals surface area contributed by atoms with Crippen molar-refractivity contribution in [1.82, 2.24) is 0 Å². The SMILES string of the molecule is COc1ccc2oc(C=CC(=O)Nc3ccc(Cl)cc3)cc2c1. The van der Waals surface area contributed by atoms with Crippen molar-refractivity contribution < 1.29 is 13.9 Å². The maximum atomic E-state index is 11.9. The van der Waals surface area contributed by atoms with Crippen molar-refractivity contribution in [3.63, 3.8) is 0 Å². The van der Waals surface area contributed by atoms with Crippen LogP contribution in [0.15, 0.2) is 59.0 Å². The number of carbonyl (C=O) groups excluding carboxylic acids is 1. The number of ether oxygens (including phenoxy) is 1. The summed E-state index contributed by atoms with van der Waals surface area (Å²) < 4.78 is 10.8. The van der Waals surface area contributed by atoms with Gasteiger partial charge in [-0.15, -0.1) is 0 Å². The minimum atomic E-state index is -0.245. The minimum absolute atomic E-state index is 0.245. The third-order valence-electron chi connectivity index (χ3n) is 3.25. The summed E-state index contributed by atoms with van der Waals surface area (Å²) in [6, 6.07) is 14.3. The normalized spacial score (nSPS) is 11.0. The standard InChI is InChI=1S/C18H14ClNO3/c1-22-15-6-8-17-12(10-15)11-16(23-17)7-9-18(21)20-14-4-2-13(19)3-5-14/h2-11H,1H3,(H,20,21). The topological polar surface area (TPSA) is 51.5 Å². The molecule has 3 aromatic rings. The molecular formula is C18H14ClNO3. The molecule has 0 aliphatic carbocycles. The summed E-state index contributed by atoms with van der Waals surface area (Å²) in [5, 5.41) is 4.29. The molecule has 0 aliphatic heterocycles. The van der Waals surface area contributed by atoms with Gasteiger partial charge in [0.05, 0.1) is 7.11 Å². The smallest absolute Gasteiger partial charge is 0.248 e. The third-order valence-corrected chi connectivity index (χ3v) is 3.51. The fourth-order valence-corrected chi connectivity index (χ4v) is 2.25. The number of benzene rings is 2. The molecular weight excluding hydrogens is 314 g/mol. The Morgan fingerprint density at radius 1 is 1.17 bits per heavy atom. The van der Waals surface area contributed by atoms with Gasteiger partial charge in [0, 0.05) is 22.2 Å². The van der Waals surface area contributed by atoms with E-state index in [-0.39, 0.29) is 5.91 Å². The molecule has 1 N–H and O–H groups in total. The lowest BCUT2D eigenvalue weighted by molar-refractivity contribution is -0.111. The number of carbonyl (C=O) groups is 1. The lowest BCUT2D eigenvalue weighted by Crippen LogP contribution is -2.07. The second kappa shape index (κ2) is 6.58. The van der Waals surface area contributed by atoms with Gasteiger partial charge < -0.3 is 14.5 Å². The van der Waals surface area contributed by atoms with Gasteiger partial charge in [-0.1, -0.05) is 11.6 Å². The molecule has 0 fully saturated rings.